The number of amides is 2. The van der Waals surface area contributed by atoms with E-state index < -0.39 is 0 Å². The summed E-state index contributed by atoms with van der Waals surface area (Å²) < 4.78 is 10.7. The first-order valence-corrected chi connectivity index (χ1v) is 9.61. The quantitative estimate of drug-likeness (QED) is 0.726. The first-order valence-electron chi connectivity index (χ1n) is 8.86. The smallest absolute Gasteiger partial charge is 0.255 e. The highest BCUT2D eigenvalue weighted by Gasteiger charge is 2.24. The number of halogens is 2. The van der Waals surface area contributed by atoms with Crippen LogP contribution in [0.1, 0.15) is 30.1 Å². The Kier molecular flexibility index (Phi) is 6.31. The molecule has 0 unspecified atom stereocenters. The van der Waals surface area contributed by atoms with Gasteiger partial charge in [-0.3, -0.25) is 9.59 Å². The van der Waals surface area contributed by atoms with Crippen LogP contribution in [-0.2, 0) is 4.79 Å². The minimum Gasteiger partial charge on any atom is -0.493 e. The van der Waals surface area contributed by atoms with Crippen molar-refractivity contribution in [3.63, 3.8) is 0 Å². The lowest BCUT2D eigenvalue weighted by Crippen LogP contribution is -2.24. The summed E-state index contributed by atoms with van der Waals surface area (Å²) in [6, 6.07) is 8.13. The van der Waals surface area contributed by atoms with E-state index in [9.17, 15) is 9.59 Å². The number of hydrogen-bond donors (Lipinski definition) is 1. The number of rotatable bonds is 6. The van der Waals surface area contributed by atoms with Crippen LogP contribution in [0.3, 0.4) is 0 Å². The molecule has 1 fully saturated rings. The van der Waals surface area contributed by atoms with Gasteiger partial charge in [0.2, 0.25) is 5.91 Å². The van der Waals surface area contributed by atoms with E-state index in [1.165, 1.54) is 13.2 Å². The van der Waals surface area contributed by atoms with E-state index in [4.69, 9.17) is 32.7 Å². The Hall–Kier alpha value is -2.44. The van der Waals surface area contributed by atoms with Crippen molar-refractivity contribution in [3.8, 4) is 11.5 Å². The molecule has 0 spiro atoms. The van der Waals surface area contributed by atoms with Gasteiger partial charge in [-0.2, -0.15) is 0 Å². The van der Waals surface area contributed by atoms with Crippen LogP contribution in [0.25, 0.3) is 0 Å². The van der Waals surface area contributed by atoms with Crippen LogP contribution in [0.2, 0.25) is 10.0 Å². The predicted molar refractivity (Wildman–Crippen MR) is 110 cm³/mol. The van der Waals surface area contributed by atoms with Gasteiger partial charge in [0.25, 0.3) is 5.91 Å². The van der Waals surface area contributed by atoms with Crippen LogP contribution in [0, 0.1) is 0 Å². The number of ether oxygens (including phenoxy) is 2. The van der Waals surface area contributed by atoms with Crippen LogP contribution in [0.5, 0.6) is 11.5 Å². The van der Waals surface area contributed by atoms with Crippen LogP contribution < -0.4 is 19.7 Å². The summed E-state index contributed by atoms with van der Waals surface area (Å²) in [5.41, 5.74) is 1.47. The van der Waals surface area contributed by atoms with Gasteiger partial charge in [0.15, 0.2) is 11.5 Å². The summed E-state index contributed by atoms with van der Waals surface area (Å²) in [7, 11) is 1.48. The molecule has 148 valence electrons. The molecular formula is C20H20Cl2N2O4. The standard InChI is InChI=1S/C20H20Cl2N2O4/c1-3-28-19-15(22)9-12(10-17(19)27-2)20(26)23-13-6-7-16(14(21)11-13)24-8-4-5-18(24)25/h6-7,9-11H,3-5,8H2,1-2H3,(H,23,26). The average molecular weight is 423 g/mol. The Morgan fingerprint density at radius 2 is 2.00 bits per heavy atom. The van der Waals surface area contributed by atoms with Crippen LogP contribution in [0.15, 0.2) is 30.3 Å². The summed E-state index contributed by atoms with van der Waals surface area (Å²) in [6.07, 6.45) is 1.34. The Morgan fingerprint density at radius 3 is 2.61 bits per heavy atom. The molecule has 0 aliphatic carbocycles. The molecule has 0 radical (unpaired) electrons. The zero-order chi connectivity index (χ0) is 20.3. The molecular weight excluding hydrogens is 403 g/mol. The third kappa shape index (κ3) is 4.18. The summed E-state index contributed by atoms with van der Waals surface area (Å²) in [4.78, 5) is 26.2. The van der Waals surface area contributed by atoms with Crippen molar-refractivity contribution >= 4 is 46.4 Å². The topological polar surface area (TPSA) is 67.9 Å². The molecule has 8 heteroatoms. The first kappa shape index (κ1) is 20.3. The highest BCUT2D eigenvalue weighted by Crippen LogP contribution is 2.37. The summed E-state index contributed by atoms with van der Waals surface area (Å²) >= 11 is 12.6. The van der Waals surface area contributed by atoms with Crippen molar-refractivity contribution < 1.29 is 19.1 Å². The third-order valence-electron chi connectivity index (χ3n) is 4.35. The summed E-state index contributed by atoms with van der Waals surface area (Å²) in [5.74, 6) is 0.449. The van der Waals surface area contributed by atoms with E-state index in [0.29, 0.717) is 53.0 Å². The molecule has 2 aromatic carbocycles. The Labute approximate surface area is 173 Å². The fourth-order valence-electron chi connectivity index (χ4n) is 3.05. The first-order chi connectivity index (χ1) is 13.4. The number of nitrogens with zero attached hydrogens (tertiary/aromatic N) is 1. The van der Waals surface area contributed by atoms with Crippen molar-refractivity contribution in [1.29, 1.82) is 0 Å². The molecule has 2 aromatic rings. The number of hydrogen-bond acceptors (Lipinski definition) is 4. The van der Waals surface area contributed by atoms with E-state index >= 15 is 0 Å². The Balaban J connectivity index is 1.80. The zero-order valence-corrected chi connectivity index (χ0v) is 17.1. The number of carbonyl (C=O) groups excluding carboxylic acids is 2. The second-order valence-electron chi connectivity index (χ2n) is 6.19. The number of benzene rings is 2. The van der Waals surface area contributed by atoms with Crippen molar-refractivity contribution in [3.05, 3.63) is 45.9 Å². The molecule has 0 saturated carbocycles. The van der Waals surface area contributed by atoms with E-state index in [2.05, 4.69) is 5.32 Å². The largest absolute Gasteiger partial charge is 0.493 e. The maximum atomic E-state index is 12.6. The normalized spacial score (nSPS) is 13.6. The lowest BCUT2D eigenvalue weighted by Gasteiger charge is -2.18. The second kappa shape index (κ2) is 8.71. The molecule has 0 aromatic heterocycles. The molecule has 1 heterocycles. The summed E-state index contributed by atoms with van der Waals surface area (Å²) in [6.45, 7) is 2.90. The van der Waals surface area contributed by atoms with Gasteiger partial charge in [0.05, 0.1) is 29.4 Å². The number of anilines is 2. The number of carbonyl (C=O) groups is 2. The molecule has 1 N–H and O–H groups in total. The fourth-order valence-corrected chi connectivity index (χ4v) is 3.59. The highest BCUT2D eigenvalue weighted by atomic mass is 35.5. The SMILES string of the molecule is CCOc1c(Cl)cc(C(=O)Nc2ccc(N3CCCC3=O)c(Cl)c2)cc1OC. The van der Waals surface area contributed by atoms with Gasteiger partial charge >= 0.3 is 0 Å². The molecule has 1 aliphatic heterocycles. The van der Waals surface area contributed by atoms with Crippen molar-refractivity contribution in [2.45, 2.75) is 19.8 Å². The molecule has 0 atom stereocenters. The molecule has 28 heavy (non-hydrogen) atoms. The minimum absolute atomic E-state index is 0.0508. The minimum atomic E-state index is -0.371. The molecule has 1 aliphatic rings. The molecule has 1 saturated heterocycles. The van der Waals surface area contributed by atoms with Gasteiger partial charge in [0.1, 0.15) is 0 Å². The van der Waals surface area contributed by atoms with E-state index in [1.807, 2.05) is 6.92 Å². The van der Waals surface area contributed by atoms with Gasteiger partial charge in [0, 0.05) is 24.2 Å². The van der Waals surface area contributed by atoms with Gasteiger partial charge in [-0.05, 0) is 43.7 Å². The maximum Gasteiger partial charge on any atom is 0.255 e. The van der Waals surface area contributed by atoms with Crippen molar-refractivity contribution in [2.75, 3.05) is 30.5 Å². The lowest BCUT2D eigenvalue weighted by atomic mass is 10.1. The van der Waals surface area contributed by atoms with Gasteiger partial charge in [-0.1, -0.05) is 23.2 Å². The molecule has 2 amide bonds. The maximum absolute atomic E-state index is 12.6. The highest BCUT2D eigenvalue weighted by molar-refractivity contribution is 6.34. The van der Waals surface area contributed by atoms with Crippen molar-refractivity contribution in [2.24, 2.45) is 0 Å². The summed E-state index contributed by atoms with van der Waals surface area (Å²) in [5, 5.41) is 3.46. The van der Waals surface area contributed by atoms with Crippen LogP contribution >= 0.6 is 23.2 Å². The van der Waals surface area contributed by atoms with E-state index in [1.54, 1.807) is 29.2 Å². The zero-order valence-electron chi connectivity index (χ0n) is 15.6. The number of nitrogens with one attached hydrogen (secondary N) is 1. The molecule has 6 nitrogen and oxygen atoms in total. The van der Waals surface area contributed by atoms with Crippen LogP contribution in [-0.4, -0.2) is 32.1 Å². The van der Waals surface area contributed by atoms with Gasteiger partial charge in [-0.15, -0.1) is 0 Å². The average Bonchev–Trinajstić information content (AvgIpc) is 3.09. The monoisotopic (exact) mass is 422 g/mol. The molecule has 3 rings (SSSR count). The Bertz CT molecular complexity index is 917. The Morgan fingerprint density at radius 1 is 1.21 bits per heavy atom. The predicted octanol–water partition coefficient (Wildman–Crippen LogP) is 4.78. The number of methoxy groups -OCH3 is 1. The third-order valence-corrected chi connectivity index (χ3v) is 4.93. The van der Waals surface area contributed by atoms with E-state index in [-0.39, 0.29) is 16.8 Å². The van der Waals surface area contributed by atoms with Gasteiger partial charge < -0.3 is 19.7 Å². The van der Waals surface area contributed by atoms with Crippen molar-refractivity contribution in [1.82, 2.24) is 0 Å². The fraction of sp³-hybridized carbons (Fsp3) is 0.300. The van der Waals surface area contributed by atoms with Gasteiger partial charge in [-0.25, -0.2) is 0 Å². The van der Waals surface area contributed by atoms with Crippen LogP contribution in [0.4, 0.5) is 11.4 Å². The lowest BCUT2D eigenvalue weighted by molar-refractivity contribution is -0.117. The van der Waals surface area contributed by atoms with E-state index in [0.717, 1.165) is 6.42 Å². The second-order valence-corrected chi connectivity index (χ2v) is 7.01. The molecule has 0 bridgehead atoms.